The molecule has 0 saturated carbocycles. The van der Waals surface area contributed by atoms with E-state index in [0.717, 1.165) is 17.8 Å². The maximum Gasteiger partial charge on any atom is 0.219 e. The van der Waals surface area contributed by atoms with Crippen molar-refractivity contribution in [1.82, 2.24) is 4.90 Å². The van der Waals surface area contributed by atoms with Gasteiger partial charge in [-0.2, -0.15) is 0 Å². The van der Waals surface area contributed by atoms with E-state index in [4.69, 9.17) is 0 Å². The molecule has 0 aromatic heterocycles. The van der Waals surface area contributed by atoms with Crippen LogP contribution in [-0.4, -0.2) is 17.9 Å². The molecule has 1 amide bonds. The van der Waals surface area contributed by atoms with Gasteiger partial charge in [0.15, 0.2) is 0 Å². The van der Waals surface area contributed by atoms with E-state index in [2.05, 4.69) is 17.4 Å². The van der Waals surface area contributed by atoms with E-state index in [1.807, 2.05) is 49.5 Å². The smallest absolute Gasteiger partial charge is 0.219 e. The fourth-order valence-electron chi connectivity index (χ4n) is 1.99. The third-order valence-corrected chi connectivity index (χ3v) is 3.29. The number of rotatable bonds is 5. The van der Waals surface area contributed by atoms with Crippen LogP contribution in [0.4, 0.5) is 5.69 Å². The Morgan fingerprint density at radius 3 is 2.40 bits per heavy atom. The summed E-state index contributed by atoms with van der Waals surface area (Å²) in [5, 5.41) is 3.44. The SMILES string of the molecule is CC(=O)N(C)Cc1ccccc1NCc1ccccc1. The molecule has 0 atom stereocenters. The largest absolute Gasteiger partial charge is 0.381 e. The van der Waals surface area contributed by atoms with Gasteiger partial charge in [-0.3, -0.25) is 4.79 Å². The Hall–Kier alpha value is -2.29. The molecule has 0 unspecified atom stereocenters. The molecule has 3 nitrogen and oxygen atoms in total. The van der Waals surface area contributed by atoms with Gasteiger partial charge in [-0.1, -0.05) is 48.5 Å². The Labute approximate surface area is 120 Å². The number of carbonyl (C=O) groups is 1. The predicted molar refractivity (Wildman–Crippen MR) is 82.4 cm³/mol. The highest BCUT2D eigenvalue weighted by atomic mass is 16.2. The van der Waals surface area contributed by atoms with Crippen LogP contribution in [0.1, 0.15) is 18.1 Å². The Bertz CT molecular complexity index is 566. The van der Waals surface area contributed by atoms with Gasteiger partial charge < -0.3 is 10.2 Å². The number of amides is 1. The van der Waals surface area contributed by atoms with Crippen LogP contribution >= 0.6 is 0 Å². The number of benzene rings is 2. The van der Waals surface area contributed by atoms with E-state index in [1.165, 1.54) is 5.56 Å². The average Bonchev–Trinajstić information content (AvgIpc) is 2.47. The Morgan fingerprint density at radius 1 is 1.05 bits per heavy atom. The van der Waals surface area contributed by atoms with Crippen LogP contribution in [0.15, 0.2) is 54.6 Å². The van der Waals surface area contributed by atoms with Crippen LogP contribution in [0, 0.1) is 0 Å². The van der Waals surface area contributed by atoms with Crippen LogP contribution in [-0.2, 0) is 17.9 Å². The van der Waals surface area contributed by atoms with E-state index in [0.29, 0.717) is 6.54 Å². The molecule has 0 radical (unpaired) electrons. The summed E-state index contributed by atoms with van der Waals surface area (Å²) in [5.41, 5.74) is 3.44. The number of hydrogen-bond acceptors (Lipinski definition) is 2. The van der Waals surface area contributed by atoms with Crippen molar-refractivity contribution in [3.05, 3.63) is 65.7 Å². The Kier molecular flexibility index (Phi) is 4.77. The molecule has 0 aliphatic carbocycles. The van der Waals surface area contributed by atoms with Gasteiger partial charge in [-0.25, -0.2) is 0 Å². The van der Waals surface area contributed by atoms with E-state index < -0.39 is 0 Å². The molecule has 104 valence electrons. The normalized spacial score (nSPS) is 10.1. The lowest BCUT2D eigenvalue weighted by Crippen LogP contribution is -2.23. The lowest BCUT2D eigenvalue weighted by molar-refractivity contribution is -0.128. The molecule has 3 heteroatoms. The zero-order chi connectivity index (χ0) is 14.4. The second-order valence-corrected chi connectivity index (χ2v) is 4.87. The van der Waals surface area contributed by atoms with E-state index in [9.17, 15) is 4.79 Å². The molecule has 1 N–H and O–H groups in total. The van der Waals surface area contributed by atoms with Gasteiger partial charge >= 0.3 is 0 Å². The lowest BCUT2D eigenvalue weighted by atomic mass is 10.1. The average molecular weight is 268 g/mol. The van der Waals surface area contributed by atoms with E-state index >= 15 is 0 Å². The van der Waals surface area contributed by atoms with Gasteiger partial charge in [0.2, 0.25) is 5.91 Å². The maximum atomic E-state index is 11.3. The van der Waals surface area contributed by atoms with Crippen LogP contribution in [0.25, 0.3) is 0 Å². The standard InChI is InChI=1S/C17H20N2O/c1-14(20)19(2)13-16-10-6-7-11-17(16)18-12-15-8-4-3-5-9-15/h3-11,18H,12-13H2,1-2H3. The van der Waals surface area contributed by atoms with Gasteiger partial charge in [0.25, 0.3) is 0 Å². The second-order valence-electron chi connectivity index (χ2n) is 4.87. The van der Waals surface area contributed by atoms with Crippen molar-refractivity contribution in [3.63, 3.8) is 0 Å². The van der Waals surface area contributed by atoms with Crippen molar-refractivity contribution < 1.29 is 4.79 Å². The minimum Gasteiger partial charge on any atom is -0.381 e. The summed E-state index contributed by atoms with van der Waals surface area (Å²) in [6.07, 6.45) is 0. The summed E-state index contributed by atoms with van der Waals surface area (Å²) in [6, 6.07) is 18.4. The van der Waals surface area contributed by atoms with Gasteiger partial charge in [0.05, 0.1) is 0 Å². The molecule has 2 aromatic carbocycles. The summed E-state index contributed by atoms with van der Waals surface area (Å²) in [7, 11) is 1.82. The minimum atomic E-state index is 0.0721. The maximum absolute atomic E-state index is 11.3. The van der Waals surface area contributed by atoms with Crippen molar-refractivity contribution >= 4 is 11.6 Å². The zero-order valence-corrected chi connectivity index (χ0v) is 12.0. The third kappa shape index (κ3) is 3.85. The first-order valence-electron chi connectivity index (χ1n) is 6.74. The quantitative estimate of drug-likeness (QED) is 0.902. The third-order valence-electron chi connectivity index (χ3n) is 3.29. The first-order chi connectivity index (χ1) is 9.66. The fraction of sp³-hybridized carbons (Fsp3) is 0.235. The molecule has 0 aliphatic rings. The number of hydrogen-bond donors (Lipinski definition) is 1. The van der Waals surface area contributed by atoms with E-state index in [-0.39, 0.29) is 5.91 Å². The number of anilines is 1. The second kappa shape index (κ2) is 6.75. The highest BCUT2D eigenvalue weighted by molar-refractivity contribution is 5.73. The number of nitrogens with one attached hydrogen (secondary N) is 1. The lowest BCUT2D eigenvalue weighted by Gasteiger charge is -2.18. The highest BCUT2D eigenvalue weighted by Gasteiger charge is 2.07. The van der Waals surface area contributed by atoms with Crippen LogP contribution in [0.5, 0.6) is 0 Å². The number of para-hydroxylation sites is 1. The zero-order valence-electron chi connectivity index (χ0n) is 12.0. The van der Waals surface area contributed by atoms with Crippen molar-refractivity contribution in [2.24, 2.45) is 0 Å². The summed E-state index contributed by atoms with van der Waals surface area (Å²) in [5.74, 6) is 0.0721. The molecular weight excluding hydrogens is 248 g/mol. The molecule has 0 fully saturated rings. The Balaban J connectivity index is 2.06. The molecule has 2 rings (SSSR count). The summed E-state index contributed by atoms with van der Waals surface area (Å²) in [6.45, 7) is 2.98. The van der Waals surface area contributed by atoms with E-state index in [1.54, 1.807) is 11.8 Å². The summed E-state index contributed by atoms with van der Waals surface area (Å²) < 4.78 is 0. The van der Waals surface area contributed by atoms with Gasteiger partial charge in [0.1, 0.15) is 0 Å². The van der Waals surface area contributed by atoms with Gasteiger partial charge in [-0.05, 0) is 17.2 Å². The topological polar surface area (TPSA) is 32.3 Å². The van der Waals surface area contributed by atoms with Crippen LogP contribution in [0.2, 0.25) is 0 Å². The predicted octanol–water partition coefficient (Wildman–Crippen LogP) is 3.28. The van der Waals surface area contributed by atoms with Crippen molar-refractivity contribution in [2.75, 3.05) is 12.4 Å². The molecule has 20 heavy (non-hydrogen) atoms. The molecule has 0 heterocycles. The van der Waals surface area contributed by atoms with Crippen molar-refractivity contribution in [2.45, 2.75) is 20.0 Å². The summed E-state index contributed by atoms with van der Waals surface area (Å²) in [4.78, 5) is 13.1. The molecule has 0 aliphatic heterocycles. The monoisotopic (exact) mass is 268 g/mol. The first-order valence-corrected chi connectivity index (χ1v) is 6.74. The molecule has 0 saturated heterocycles. The van der Waals surface area contributed by atoms with Crippen LogP contribution < -0.4 is 5.32 Å². The molecule has 0 spiro atoms. The minimum absolute atomic E-state index is 0.0721. The van der Waals surface area contributed by atoms with Crippen molar-refractivity contribution in [3.8, 4) is 0 Å². The van der Waals surface area contributed by atoms with Crippen LogP contribution in [0.3, 0.4) is 0 Å². The van der Waals surface area contributed by atoms with Gasteiger partial charge in [0, 0.05) is 32.7 Å². The molecule has 2 aromatic rings. The molecule has 0 bridgehead atoms. The first kappa shape index (κ1) is 14.1. The van der Waals surface area contributed by atoms with Gasteiger partial charge in [-0.15, -0.1) is 0 Å². The van der Waals surface area contributed by atoms with Crippen molar-refractivity contribution in [1.29, 1.82) is 0 Å². The summed E-state index contributed by atoms with van der Waals surface area (Å²) >= 11 is 0. The highest BCUT2D eigenvalue weighted by Crippen LogP contribution is 2.17. The number of nitrogens with zero attached hydrogens (tertiary/aromatic N) is 1. The fourth-order valence-corrected chi connectivity index (χ4v) is 1.99. The molecular formula is C17H20N2O. The number of carbonyl (C=O) groups excluding carboxylic acids is 1. The Morgan fingerprint density at radius 2 is 1.70 bits per heavy atom.